The molecule has 1 N–H and O–H groups in total. The first kappa shape index (κ1) is 29.1. The number of piperidine rings is 1. The molecule has 7 nitrogen and oxygen atoms in total. The van der Waals surface area contributed by atoms with Crippen LogP contribution in [0.25, 0.3) is 10.9 Å². The number of halogens is 2. The molecule has 1 aliphatic rings. The highest BCUT2D eigenvalue weighted by Crippen LogP contribution is 2.43. The molecule has 4 aromatic rings. The standard InChI is InChI=1S/C32H33Cl2N3O4/c1-31(2,3)41-30(39)26-28(23-18-21(33)11-13-25(23)36(4)29(26)38)37-16-14-32(40,15-17-37)27(20-8-6-5-7-9-20)24-12-10-22(34)19-35-24/h5-13,18-19,27,40H,14-17H2,1-4H3/t27-/m1/s1. The number of ether oxygens (including phenoxy) is 1. The van der Waals surface area contributed by atoms with Crippen molar-refractivity contribution < 1.29 is 14.6 Å². The molecule has 0 saturated carbocycles. The molecule has 41 heavy (non-hydrogen) atoms. The lowest BCUT2D eigenvalue weighted by Gasteiger charge is -2.44. The lowest BCUT2D eigenvalue weighted by Crippen LogP contribution is -2.49. The van der Waals surface area contributed by atoms with Gasteiger partial charge in [0.05, 0.1) is 33.4 Å². The molecule has 214 valence electrons. The molecule has 3 heterocycles. The minimum absolute atomic E-state index is 0.0402. The molecule has 2 aromatic heterocycles. The van der Waals surface area contributed by atoms with Crippen LogP contribution in [-0.4, -0.2) is 44.9 Å². The van der Waals surface area contributed by atoms with E-state index in [-0.39, 0.29) is 5.56 Å². The lowest BCUT2D eigenvalue weighted by atomic mass is 9.74. The maximum atomic E-state index is 13.6. The fraction of sp³-hybridized carbons (Fsp3) is 0.344. The highest BCUT2D eigenvalue weighted by atomic mass is 35.5. The first-order chi connectivity index (χ1) is 19.4. The fourth-order valence-corrected chi connectivity index (χ4v) is 5.99. The quantitative estimate of drug-likeness (QED) is 0.271. The lowest BCUT2D eigenvalue weighted by molar-refractivity contribution is -0.000629. The van der Waals surface area contributed by atoms with Crippen LogP contribution in [0, 0.1) is 0 Å². The summed E-state index contributed by atoms with van der Waals surface area (Å²) < 4.78 is 7.15. The number of carbonyl (C=O) groups excluding carboxylic acids is 1. The van der Waals surface area contributed by atoms with Crippen molar-refractivity contribution in [2.24, 2.45) is 7.05 Å². The Hall–Kier alpha value is -3.39. The number of aliphatic hydroxyl groups is 1. The number of rotatable bonds is 5. The van der Waals surface area contributed by atoms with Gasteiger partial charge in [-0.2, -0.15) is 0 Å². The SMILES string of the molecule is Cn1c(=O)c(C(=O)OC(C)(C)C)c(N2CCC(O)([C@H](c3ccccc3)c3ccc(Cl)cn3)CC2)c2cc(Cl)ccc21. The van der Waals surface area contributed by atoms with Crippen LogP contribution in [0.2, 0.25) is 10.0 Å². The van der Waals surface area contributed by atoms with E-state index in [2.05, 4.69) is 4.98 Å². The molecular formula is C32H33Cl2N3O4. The number of carbonyl (C=O) groups is 1. The average Bonchev–Trinajstić information content (AvgIpc) is 2.92. The smallest absolute Gasteiger partial charge is 0.346 e. The molecule has 5 rings (SSSR count). The van der Waals surface area contributed by atoms with Crippen molar-refractivity contribution in [2.45, 2.75) is 50.7 Å². The second-order valence-electron chi connectivity index (χ2n) is 11.6. The maximum absolute atomic E-state index is 13.6. The molecule has 1 aliphatic heterocycles. The molecular weight excluding hydrogens is 561 g/mol. The van der Waals surface area contributed by atoms with Gasteiger partial charge in [-0.05, 0) is 69.5 Å². The van der Waals surface area contributed by atoms with Gasteiger partial charge < -0.3 is 19.3 Å². The Bertz CT molecular complexity index is 1640. The zero-order valence-corrected chi connectivity index (χ0v) is 25.0. The summed E-state index contributed by atoms with van der Waals surface area (Å²) in [6.45, 7) is 6.07. The van der Waals surface area contributed by atoms with Crippen LogP contribution in [0.1, 0.15) is 61.1 Å². The van der Waals surface area contributed by atoms with Crippen LogP contribution in [0.15, 0.2) is 71.7 Å². The summed E-state index contributed by atoms with van der Waals surface area (Å²) in [4.78, 5) is 33.7. The van der Waals surface area contributed by atoms with E-state index in [4.69, 9.17) is 27.9 Å². The van der Waals surface area contributed by atoms with Crippen LogP contribution in [0.3, 0.4) is 0 Å². The number of benzene rings is 2. The van der Waals surface area contributed by atoms with Crippen molar-refractivity contribution >= 4 is 45.8 Å². The van der Waals surface area contributed by atoms with E-state index < -0.39 is 28.6 Å². The molecule has 1 atom stereocenters. The van der Waals surface area contributed by atoms with E-state index in [9.17, 15) is 14.7 Å². The molecule has 0 unspecified atom stereocenters. The van der Waals surface area contributed by atoms with Crippen LogP contribution >= 0.6 is 23.2 Å². The third-order valence-corrected chi connectivity index (χ3v) is 8.05. The minimum Gasteiger partial charge on any atom is -0.456 e. The monoisotopic (exact) mass is 593 g/mol. The predicted molar refractivity (Wildman–Crippen MR) is 163 cm³/mol. The van der Waals surface area contributed by atoms with Gasteiger partial charge in [0.25, 0.3) is 5.56 Å². The number of aromatic nitrogens is 2. The van der Waals surface area contributed by atoms with Crippen molar-refractivity contribution in [2.75, 3.05) is 18.0 Å². The van der Waals surface area contributed by atoms with Gasteiger partial charge in [-0.25, -0.2) is 4.79 Å². The molecule has 1 saturated heterocycles. The Balaban J connectivity index is 1.58. The molecule has 1 fully saturated rings. The number of fused-ring (bicyclic) bond motifs is 1. The first-order valence-corrected chi connectivity index (χ1v) is 14.3. The Labute approximate surface area is 249 Å². The van der Waals surface area contributed by atoms with E-state index in [1.807, 2.05) is 41.3 Å². The van der Waals surface area contributed by atoms with Crippen molar-refractivity contribution in [1.82, 2.24) is 9.55 Å². The van der Waals surface area contributed by atoms with Gasteiger partial charge in [-0.1, -0.05) is 53.5 Å². The summed E-state index contributed by atoms with van der Waals surface area (Å²) in [5.41, 5.74) is 0.365. The number of nitrogens with zero attached hydrogens (tertiary/aromatic N) is 3. The van der Waals surface area contributed by atoms with E-state index >= 15 is 0 Å². The topological polar surface area (TPSA) is 84.7 Å². The zero-order valence-electron chi connectivity index (χ0n) is 23.5. The highest BCUT2D eigenvalue weighted by Gasteiger charge is 2.43. The molecule has 0 aliphatic carbocycles. The third-order valence-electron chi connectivity index (χ3n) is 7.60. The number of pyridine rings is 2. The van der Waals surface area contributed by atoms with Crippen LogP contribution in [-0.2, 0) is 11.8 Å². The third kappa shape index (κ3) is 5.85. The fourth-order valence-electron chi connectivity index (χ4n) is 5.71. The van der Waals surface area contributed by atoms with Crippen LogP contribution in [0.5, 0.6) is 0 Å². The van der Waals surface area contributed by atoms with Crippen molar-refractivity contribution in [1.29, 1.82) is 0 Å². The molecule has 0 amide bonds. The van der Waals surface area contributed by atoms with Gasteiger partial charge in [-0.15, -0.1) is 0 Å². The highest BCUT2D eigenvalue weighted by molar-refractivity contribution is 6.31. The van der Waals surface area contributed by atoms with Crippen molar-refractivity contribution in [3.63, 3.8) is 0 Å². The van der Waals surface area contributed by atoms with Crippen molar-refractivity contribution in [3.8, 4) is 0 Å². The number of anilines is 1. The van der Waals surface area contributed by atoms with E-state index in [0.29, 0.717) is 52.6 Å². The van der Waals surface area contributed by atoms with E-state index in [1.165, 1.54) is 4.57 Å². The predicted octanol–water partition coefficient (Wildman–Crippen LogP) is 6.36. The average molecular weight is 595 g/mol. The summed E-state index contributed by atoms with van der Waals surface area (Å²) >= 11 is 12.5. The second kappa shape index (κ2) is 11.1. The first-order valence-electron chi connectivity index (χ1n) is 13.6. The number of hydrogen-bond donors (Lipinski definition) is 1. The number of esters is 1. The largest absolute Gasteiger partial charge is 0.456 e. The number of aryl methyl sites for hydroxylation is 1. The molecule has 0 radical (unpaired) electrons. The summed E-state index contributed by atoms with van der Waals surface area (Å²) in [7, 11) is 1.63. The summed E-state index contributed by atoms with van der Waals surface area (Å²) in [5, 5.41) is 13.9. The molecule has 0 bridgehead atoms. The molecule has 9 heteroatoms. The second-order valence-corrected chi connectivity index (χ2v) is 12.5. The normalized spacial score (nSPS) is 16.0. The maximum Gasteiger partial charge on any atom is 0.346 e. The molecule has 2 aromatic carbocycles. The Morgan fingerprint density at radius 2 is 1.68 bits per heavy atom. The van der Waals surface area contributed by atoms with Gasteiger partial charge in [0.1, 0.15) is 11.2 Å². The summed E-state index contributed by atoms with van der Waals surface area (Å²) in [6, 6.07) is 18.7. The Morgan fingerprint density at radius 3 is 2.29 bits per heavy atom. The van der Waals surface area contributed by atoms with Crippen LogP contribution in [0.4, 0.5) is 5.69 Å². The summed E-state index contributed by atoms with van der Waals surface area (Å²) in [6.07, 6.45) is 2.32. The molecule has 0 spiro atoms. The van der Waals surface area contributed by atoms with Crippen LogP contribution < -0.4 is 10.5 Å². The van der Waals surface area contributed by atoms with Gasteiger partial charge in [0.15, 0.2) is 0 Å². The Morgan fingerprint density at radius 1 is 1.02 bits per heavy atom. The zero-order chi connectivity index (χ0) is 29.5. The summed E-state index contributed by atoms with van der Waals surface area (Å²) in [5.74, 6) is -1.09. The van der Waals surface area contributed by atoms with Gasteiger partial charge in [-0.3, -0.25) is 9.78 Å². The van der Waals surface area contributed by atoms with E-state index in [1.54, 1.807) is 58.3 Å². The van der Waals surface area contributed by atoms with E-state index in [0.717, 1.165) is 11.3 Å². The minimum atomic E-state index is -1.14. The van der Waals surface area contributed by atoms with Gasteiger partial charge in [0.2, 0.25) is 0 Å². The number of hydrogen-bond acceptors (Lipinski definition) is 6. The Kier molecular flexibility index (Phi) is 7.90. The van der Waals surface area contributed by atoms with Gasteiger partial charge >= 0.3 is 5.97 Å². The van der Waals surface area contributed by atoms with Crippen molar-refractivity contribution in [3.05, 3.63) is 104 Å². The van der Waals surface area contributed by atoms with Gasteiger partial charge in [0, 0.05) is 36.7 Å².